The number of hydrogen-bond donors (Lipinski definition) is 0. The van der Waals surface area contributed by atoms with Gasteiger partial charge in [0.05, 0.1) is 19.3 Å². The molecule has 5 rings (SSSR count). The molecule has 4 heteroatoms. The number of nitrogens with zero attached hydrogens (tertiary/aromatic N) is 1. The molecule has 0 spiro atoms. The van der Waals surface area contributed by atoms with Crippen LogP contribution in [0.15, 0.2) is 24.5 Å². The zero-order chi connectivity index (χ0) is 22.4. The Hall–Kier alpha value is -1.13. The molecule has 1 aromatic rings. The highest BCUT2D eigenvalue weighted by Crippen LogP contribution is 2.66. The fraction of sp³-hybridized carbons (Fsp3) is 0.821. The molecule has 178 valence electrons. The zero-order valence-electron chi connectivity index (χ0n) is 20.6. The lowest BCUT2D eigenvalue weighted by Crippen LogP contribution is -2.63. The molecule has 32 heavy (non-hydrogen) atoms. The van der Waals surface area contributed by atoms with Crippen LogP contribution in [0.4, 0.5) is 0 Å². The summed E-state index contributed by atoms with van der Waals surface area (Å²) in [7, 11) is 0. The topological polar surface area (TPSA) is 40.6 Å². The Labute approximate surface area is 194 Å². The second-order valence-corrected chi connectivity index (χ2v) is 12.4. The van der Waals surface area contributed by atoms with E-state index in [1.54, 1.807) is 12.4 Å². The van der Waals surface area contributed by atoms with E-state index in [-0.39, 0.29) is 11.7 Å². The number of hydrogen-bond acceptors (Lipinski definition) is 4. The minimum absolute atomic E-state index is 0.0459. The monoisotopic (exact) mass is 441 g/mol. The number of ether oxygens (including phenoxy) is 3. The van der Waals surface area contributed by atoms with Crippen LogP contribution in [0, 0.1) is 34.0 Å². The van der Waals surface area contributed by atoms with E-state index in [1.165, 1.54) is 51.4 Å². The minimum atomic E-state index is 0.0459. The summed E-state index contributed by atoms with van der Waals surface area (Å²) in [6, 6.07) is 3.92. The predicted octanol–water partition coefficient (Wildman–Crippen LogP) is 6.64. The lowest BCUT2D eigenvalue weighted by Gasteiger charge is -2.65. The fourth-order valence-corrected chi connectivity index (χ4v) is 8.39. The molecule has 0 N–H and O–H groups in total. The smallest absolute Gasteiger partial charge is 0.160 e. The molecule has 0 amide bonds. The Morgan fingerprint density at radius 3 is 2.47 bits per heavy atom. The van der Waals surface area contributed by atoms with Crippen LogP contribution in [0.5, 0.6) is 5.75 Å². The third kappa shape index (κ3) is 3.90. The van der Waals surface area contributed by atoms with Gasteiger partial charge in [0.1, 0.15) is 5.75 Å². The van der Waals surface area contributed by atoms with Crippen LogP contribution < -0.4 is 4.74 Å². The van der Waals surface area contributed by atoms with Gasteiger partial charge in [0.25, 0.3) is 0 Å². The lowest BCUT2D eigenvalue weighted by molar-refractivity contribution is -0.322. The molecule has 0 aromatic carbocycles. The summed E-state index contributed by atoms with van der Waals surface area (Å²) < 4.78 is 19.4. The van der Waals surface area contributed by atoms with Crippen LogP contribution >= 0.6 is 0 Å². The van der Waals surface area contributed by atoms with Crippen molar-refractivity contribution in [1.29, 1.82) is 0 Å². The van der Waals surface area contributed by atoms with Gasteiger partial charge in [-0.2, -0.15) is 0 Å². The van der Waals surface area contributed by atoms with Crippen molar-refractivity contribution in [3.63, 3.8) is 0 Å². The van der Waals surface area contributed by atoms with Gasteiger partial charge in [0.15, 0.2) is 6.29 Å². The van der Waals surface area contributed by atoms with Crippen LogP contribution in [0.2, 0.25) is 0 Å². The van der Waals surface area contributed by atoms with Crippen molar-refractivity contribution < 1.29 is 14.2 Å². The maximum absolute atomic E-state index is 6.74. The Morgan fingerprint density at radius 1 is 0.969 bits per heavy atom. The van der Waals surface area contributed by atoms with E-state index in [9.17, 15) is 0 Å². The summed E-state index contributed by atoms with van der Waals surface area (Å²) in [6.45, 7) is 11.7. The summed E-state index contributed by atoms with van der Waals surface area (Å²) in [5, 5.41) is 0. The summed E-state index contributed by atoms with van der Waals surface area (Å²) in [4.78, 5) is 4.10. The molecule has 0 radical (unpaired) electrons. The number of aromatic nitrogens is 1. The van der Waals surface area contributed by atoms with E-state index < -0.39 is 0 Å². The molecular formula is C28H43NO3. The first-order valence-electron chi connectivity index (χ1n) is 13.1. The normalized spacial score (nSPS) is 41.6. The summed E-state index contributed by atoms with van der Waals surface area (Å²) >= 11 is 0. The second kappa shape index (κ2) is 8.58. The Kier molecular flexibility index (Phi) is 6.07. The molecule has 1 unspecified atom stereocenters. The van der Waals surface area contributed by atoms with Crippen LogP contribution in [-0.2, 0) is 9.47 Å². The van der Waals surface area contributed by atoms with Crippen molar-refractivity contribution in [3.8, 4) is 5.75 Å². The van der Waals surface area contributed by atoms with Gasteiger partial charge in [-0.1, -0.05) is 40.5 Å². The van der Waals surface area contributed by atoms with Gasteiger partial charge in [0.2, 0.25) is 0 Å². The van der Waals surface area contributed by atoms with E-state index in [0.717, 1.165) is 25.4 Å². The van der Waals surface area contributed by atoms with Gasteiger partial charge < -0.3 is 14.2 Å². The first-order chi connectivity index (χ1) is 15.3. The minimum Gasteiger partial charge on any atom is -0.493 e. The van der Waals surface area contributed by atoms with E-state index in [1.807, 2.05) is 12.1 Å². The molecule has 4 nitrogen and oxygen atoms in total. The van der Waals surface area contributed by atoms with Gasteiger partial charge >= 0.3 is 0 Å². The van der Waals surface area contributed by atoms with E-state index >= 15 is 0 Å². The molecule has 0 bridgehead atoms. The lowest BCUT2D eigenvalue weighted by atomic mass is 9.42. The van der Waals surface area contributed by atoms with E-state index in [0.29, 0.717) is 34.7 Å². The molecule has 3 aliphatic carbocycles. The fourth-order valence-electron chi connectivity index (χ4n) is 8.39. The zero-order valence-corrected chi connectivity index (χ0v) is 20.6. The maximum atomic E-state index is 6.74. The predicted molar refractivity (Wildman–Crippen MR) is 126 cm³/mol. The van der Waals surface area contributed by atoms with E-state index in [4.69, 9.17) is 14.2 Å². The molecule has 1 aliphatic heterocycles. The SMILES string of the molecule is CC1(C)CCC2[C@]3(C)CO[C@@H](C4CCCC4)O[C@@H]3CC[C@@]2(C)[C@@H]1CCOc1ccncc1. The molecule has 6 atom stereocenters. The van der Waals surface area contributed by atoms with Crippen LogP contribution in [0.25, 0.3) is 0 Å². The van der Waals surface area contributed by atoms with Crippen molar-refractivity contribution in [2.24, 2.45) is 34.0 Å². The first kappa shape index (κ1) is 22.7. The van der Waals surface area contributed by atoms with Crippen molar-refractivity contribution >= 4 is 0 Å². The highest BCUT2D eigenvalue weighted by Gasteiger charge is 2.62. The molecule has 2 heterocycles. The summed E-state index contributed by atoms with van der Waals surface area (Å²) in [5.41, 5.74) is 0.767. The average molecular weight is 442 g/mol. The van der Waals surface area contributed by atoms with Crippen molar-refractivity contribution in [2.75, 3.05) is 13.2 Å². The Bertz CT molecular complexity index is 776. The summed E-state index contributed by atoms with van der Waals surface area (Å²) in [5.74, 6) is 2.84. The van der Waals surface area contributed by atoms with Crippen LogP contribution in [0.1, 0.15) is 85.5 Å². The molecule has 1 saturated heterocycles. The van der Waals surface area contributed by atoms with Crippen molar-refractivity contribution in [1.82, 2.24) is 4.98 Å². The molecule has 1 aromatic heterocycles. The van der Waals surface area contributed by atoms with Gasteiger partial charge in [0, 0.05) is 23.7 Å². The maximum Gasteiger partial charge on any atom is 0.160 e. The number of fused-ring (bicyclic) bond motifs is 3. The average Bonchev–Trinajstić information content (AvgIpc) is 3.30. The third-order valence-electron chi connectivity index (χ3n) is 10.1. The largest absolute Gasteiger partial charge is 0.493 e. The van der Waals surface area contributed by atoms with Gasteiger partial charge in [-0.15, -0.1) is 0 Å². The summed E-state index contributed by atoms with van der Waals surface area (Å²) in [6.07, 6.45) is 15.4. The van der Waals surface area contributed by atoms with Gasteiger partial charge in [-0.25, -0.2) is 0 Å². The highest BCUT2D eigenvalue weighted by molar-refractivity contribution is 5.17. The Balaban J connectivity index is 1.31. The van der Waals surface area contributed by atoms with Gasteiger partial charge in [-0.05, 0) is 79.7 Å². The molecule has 3 saturated carbocycles. The third-order valence-corrected chi connectivity index (χ3v) is 10.1. The second-order valence-electron chi connectivity index (χ2n) is 12.4. The van der Waals surface area contributed by atoms with Crippen LogP contribution in [-0.4, -0.2) is 30.6 Å². The first-order valence-corrected chi connectivity index (χ1v) is 13.1. The number of rotatable bonds is 5. The quantitative estimate of drug-likeness (QED) is 0.513. The van der Waals surface area contributed by atoms with Gasteiger partial charge in [-0.3, -0.25) is 4.98 Å². The van der Waals surface area contributed by atoms with Crippen molar-refractivity contribution in [3.05, 3.63) is 24.5 Å². The molecular weight excluding hydrogens is 398 g/mol. The van der Waals surface area contributed by atoms with E-state index in [2.05, 4.69) is 32.7 Å². The Morgan fingerprint density at radius 2 is 1.72 bits per heavy atom. The highest BCUT2D eigenvalue weighted by atomic mass is 16.7. The molecule has 4 fully saturated rings. The van der Waals surface area contributed by atoms with Crippen molar-refractivity contribution in [2.45, 2.75) is 97.9 Å². The number of pyridine rings is 1. The van der Waals surface area contributed by atoms with Crippen LogP contribution in [0.3, 0.4) is 0 Å². The molecule has 4 aliphatic rings. The standard InChI is InChI=1S/C28H43NO3/c1-26(2)14-9-23-27(3,22(26)13-18-30-21-11-16-29-17-12-21)15-10-24-28(23,4)19-31-25(32-24)20-7-5-6-8-20/h11-12,16-17,20,22-25H,5-10,13-15,18-19H2,1-4H3/t22-,23?,24-,25-,27+,28+/m1/s1.